The summed E-state index contributed by atoms with van der Waals surface area (Å²) in [6.45, 7) is 0. The molecule has 5 rings (SSSR count). The molecule has 0 fully saturated rings. The molecular formula is C23H17FN6O2. The number of carbonyl (C=O) groups excluding carboxylic acids is 2. The van der Waals surface area contributed by atoms with E-state index in [9.17, 15) is 14.0 Å². The SMILES string of the molecule is CN1C(=O)C(NC(=O)c2nnn3ccccc23)N=C(c2ccccc2F)c2ccccc21. The number of benzodiazepines with no additional fused rings is 1. The third-order valence-electron chi connectivity index (χ3n) is 5.28. The minimum atomic E-state index is -1.28. The summed E-state index contributed by atoms with van der Waals surface area (Å²) < 4.78 is 16.2. The monoisotopic (exact) mass is 428 g/mol. The van der Waals surface area contributed by atoms with E-state index in [0.717, 1.165) is 0 Å². The fourth-order valence-corrected chi connectivity index (χ4v) is 3.68. The number of hydrogen-bond acceptors (Lipinski definition) is 5. The molecule has 0 radical (unpaired) electrons. The number of carbonyl (C=O) groups is 2. The number of aliphatic imine (C=N–C) groups is 1. The largest absolute Gasteiger partial charge is 0.321 e. The zero-order valence-electron chi connectivity index (χ0n) is 16.9. The molecule has 1 aliphatic heterocycles. The summed E-state index contributed by atoms with van der Waals surface area (Å²) in [4.78, 5) is 32.1. The number of nitrogens with one attached hydrogen (secondary N) is 1. The molecule has 32 heavy (non-hydrogen) atoms. The molecule has 8 nitrogen and oxygen atoms in total. The van der Waals surface area contributed by atoms with Gasteiger partial charge in [-0.3, -0.25) is 9.59 Å². The van der Waals surface area contributed by atoms with E-state index in [0.29, 0.717) is 16.8 Å². The van der Waals surface area contributed by atoms with Gasteiger partial charge in [0.15, 0.2) is 5.69 Å². The van der Waals surface area contributed by atoms with E-state index in [2.05, 4.69) is 20.6 Å². The van der Waals surface area contributed by atoms with Crippen molar-refractivity contribution in [3.05, 3.63) is 95.6 Å². The van der Waals surface area contributed by atoms with Gasteiger partial charge < -0.3 is 10.2 Å². The number of hydrogen-bond donors (Lipinski definition) is 1. The normalized spacial score (nSPS) is 15.8. The van der Waals surface area contributed by atoms with Gasteiger partial charge in [0, 0.05) is 24.4 Å². The number of pyridine rings is 1. The van der Waals surface area contributed by atoms with E-state index in [4.69, 9.17) is 0 Å². The van der Waals surface area contributed by atoms with Crippen molar-refractivity contribution in [2.75, 3.05) is 11.9 Å². The van der Waals surface area contributed by atoms with Crippen LogP contribution in [-0.2, 0) is 4.79 Å². The van der Waals surface area contributed by atoms with Crippen LogP contribution in [0.2, 0.25) is 0 Å². The average Bonchev–Trinajstić information content (AvgIpc) is 3.22. The average molecular weight is 428 g/mol. The number of aromatic nitrogens is 3. The molecule has 4 aromatic rings. The Bertz CT molecular complexity index is 1400. The topological polar surface area (TPSA) is 92.0 Å². The maximum absolute atomic E-state index is 14.7. The molecule has 0 aliphatic carbocycles. The summed E-state index contributed by atoms with van der Waals surface area (Å²) in [6, 6.07) is 18.5. The van der Waals surface area contributed by atoms with Crippen LogP contribution in [-0.4, -0.2) is 45.6 Å². The minimum absolute atomic E-state index is 0.0606. The summed E-state index contributed by atoms with van der Waals surface area (Å²) in [5.74, 6) is -1.55. The quantitative estimate of drug-likeness (QED) is 0.543. The first-order valence-corrected chi connectivity index (χ1v) is 9.85. The lowest BCUT2D eigenvalue weighted by atomic mass is 10.00. The van der Waals surface area contributed by atoms with E-state index in [1.807, 2.05) is 0 Å². The number of benzene rings is 2. The van der Waals surface area contributed by atoms with Gasteiger partial charge in [0.2, 0.25) is 6.17 Å². The van der Waals surface area contributed by atoms with Gasteiger partial charge in [0.05, 0.1) is 16.9 Å². The first kappa shape index (κ1) is 19.6. The maximum atomic E-state index is 14.7. The summed E-state index contributed by atoms with van der Waals surface area (Å²) >= 11 is 0. The summed E-state index contributed by atoms with van der Waals surface area (Å²) in [6.07, 6.45) is 0.379. The Morgan fingerprint density at radius 3 is 2.53 bits per heavy atom. The third kappa shape index (κ3) is 3.20. The number of halogens is 1. The van der Waals surface area contributed by atoms with Crippen LogP contribution >= 0.6 is 0 Å². The van der Waals surface area contributed by atoms with Crippen molar-refractivity contribution in [3.63, 3.8) is 0 Å². The van der Waals surface area contributed by atoms with Gasteiger partial charge in [0.1, 0.15) is 5.82 Å². The van der Waals surface area contributed by atoms with Gasteiger partial charge >= 0.3 is 0 Å². The highest BCUT2D eigenvalue weighted by Gasteiger charge is 2.32. The van der Waals surface area contributed by atoms with Crippen molar-refractivity contribution < 1.29 is 14.0 Å². The van der Waals surface area contributed by atoms with Crippen LogP contribution < -0.4 is 10.2 Å². The zero-order chi connectivity index (χ0) is 22.2. The highest BCUT2D eigenvalue weighted by atomic mass is 19.1. The van der Waals surface area contributed by atoms with Crippen molar-refractivity contribution >= 4 is 28.7 Å². The van der Waals surface area contributed by atoms with Gasteiger partial charge in [-0.15, -0.1) is 5.10 Å². The number of para-hydroxylation sites is 1. The molecule has 2 amide bonds. The molecule has 0 saturated carbocycles. The van der Waals surface area contributed by atoms with E-state index in [1.54, 1.807) is 73.9 Å². The molecule has 0 spiro atoms. The maximum Gasteiger partial charge on any atom is 0.276 e. The van der Waals surface area contributed by atoms with E-state index in [1.165, 1.54) is 15.5 Å². The lowest BCUT2D eigenvalue weighted by Gasteiger charge is -2.20. The molecule has 3 heterocycles. The number of amides is 2. The second-order valence-corrected chi connectivity index (χ2v) is 7.22. The van der Waals surface area contributed by atoms with Gasteiger partial charge in [0.25, 0.3) is 11.8 Å². The first-order chi connectivity index (χ1) is 15.5. The molecule has 1 aliphatic rings. The van der Waals surface area contributed by atoms with Gasteiger partial charge in [-0.2, -0.15) is 0 Å². The highest BCUT2D eigenvalue weighted by molar-refractivity contribution is 6.20. The number of fused-ring (bicyclic) bond motifs is 2. The lowest BCUT2D eigenvalue weighted by Crippen LogP contribution is -2.46. The van der Waals surface area contributed by atoms with Crippen molar-refractivity contribution in [2.24, 2.45) is 4.99 Å². The van der Waals surface area contributed by atoms with Crippen LogP contribution in [0.1, 0.15) is 21.6 Å². The standard InChI is InChI=1S/C23H17FN6O2/c1-29-17-11-5-3-9-15(17)19(14-8-2-4-10-16(14)24)25-21(23(29)32)26-22(31)20-18-12-6-7-13-30(18)28-27-20/h2-13,21H,1H3,(H,26,31). The van der Waals surface area contributed by atoms with Crippen LogP contribution in [0.15, 0.2) is 77.9 Å². The summed E-state index contributed by atoms with van der Waals surface area (Å²) in [5.41, 5.74) is 2.20. The molecule has 0 saturated heterocycles. The summed E-state index contributed by atoms with van der Waals surface area (Å²) in [5, 5.41) is 10.5. The van der Waals surface area contributed by atoms with Crippen molar-refractivity contribution in [1.82, 2.24) is 20.1 Å². The second-order valence-electron chi connectivity index (χ2n) is 7.22. The van der Waals surface area contributed by atoms with E-state index in [-0.39, 0.29) is 17.0 Å². The van der Waals surface area contributed by atoms with Gasteiger partial charge in [-0.1, -0.05) is 41.6 Å². The minimum Gasteiger partial charge on any atom is -0.321 e. The fourth-order valence-electron chi connectivity index (χ4n) is 3.68. The van der Waals surface area contributed by atoms with Crippen LogP contribution in [0.5, 0.6) is 0 Å². The van der Waals surface area contributed by atoms with Crippen molar-refractivity contribution in [3.8, 4) is 0 Å². The molecule has 0 bridgehead atoms. The van der Waals surface area contributed by atoms with Crippen molar-refractivity contribution in [1.29, 1.82) is 0 Å². The predicted molar refractivity (Wildman–Crippen MR) is 116 cm³/mol. The molecule has 1 atom stereocenters. The number of anilines is 1. The third-order valence-corrected chi connectivity index (χ3v) is 5.28. The zero-order valence-corrected chi connectivity index (χ0v) is 16.9. The molecule has 1 N–H and O–H groups in total. The molecular weight excluding hydrogens is 411 g/mol. The van der Waals surface area contributed by atoms with Gasteiger partial charge in [-0.25, -0.2) is 13.9 Å². The first-order valence-electron chi connectivity index (χ1n) is 9.85. The van der Waals surface area contributed by atoms with Crippen molar-refractivity contribution in [2.45, 2.75) is 6.17 Å². The Morgan fingerprint density at radius 1 is 1.00 bits per heavy atom. The molecule has 1 unspecified atom stereocenters. The predicted octanol–water partition coefficient (Wildman–Crippen LogP) is 2.44. The molecule has 158 valence electrons. The Kier molecular flexibility index (Phi) is 4.70. The molecule has 2 aromatic heterocycles. The Hall–Kier alpha value is -4.40. The van der Waals surface area contributed by atoms with Gasteiger partial charge in [-0.05, 0) is 30.3 Å². The second kappa shape index (κ2) is 7.69. The number of likely N-dealkylation sites (N-methyl/N-ethyl adjacent to an activating group) is 1. The van der Waals surface area contributed by atoms with Crippen LogP contribution in [0, 0.1) is 5.82 Å². The fraction of sp³-hybridized carbons (Fsp3) is 0.0870. The van der Waals surface area contributed by atoms with Crippen LogP contribution in [0.3, 0.4) is 0 Å². The Morgan fingerprint density at radius 2 is 1.72 bits per heavy atom. The Labute approximate surface area is 182 Å². The number of rotatable bonds is 3. The van der Waals surface area contributed by atoms with Crippen LogP contribution in [0.25, 0.3) is 5.52 Å². The van der Waals surface area contributed by atoms with E-state index >= 15 is 0 Å². The van der Waals surface area contributed by atoms with E-state index < -0.39 is 23.8 Å². The number of nitrogens with zero attached hydrogens (tertiary/aromatic N) is 5. The molecule has 2 aromatic carbocycles. The smallest absolute Gasteiger partial charge is 0.276 e. The lowest BCUT2D eigenvalue weighted by molar-refractivity contribution is -0.119. The van der Waals surface area contributed by atoms with Crippen LogP contribution in [0.4, 0.5) is 10.1 Å². The molecule has 9 heteroatoms. The Balaban J connectivity index is 1.60. The summed E-state index contributed by atoms with van der Waals surface area (Å²) in [7, 11) is 1.59. The highest BCUT2D eigenvalue weighted by Crippen LogP contribution is 2.28.